The van der Waals surface area contributed by atoms with Crippen molar-refractivity contribution in [1.82, 2.24) is 0 Å². The topological polar surface area (TPSA) is 69.4 Å². The number of methoxy groups -OCH3 is 1. The van der Waals surface area contributed by atoms with Crippen LogP contribution in [0, 0.1) is 10.1 Å². The molecule has 0 unspecified atom stereocenters. The van der Waals surface area contributed by atoms with Crippen molar-refractivity contribution in [3.63, 3.8) is 0 Å². The zero-order valence-corrected chi connectivity index (χ0v) is 19.0. The van der Waals surface area contributed by atoms with Crippen LogP contribution in [-0.4, -0.2) is 32.1 Å². The van der Waals surface area contributed by atoms with Gasteiger partial charge in [-0.1, -0.05) is 91.1 Å². The molecular formula is C25H27NO4Si. The summed E-state index contributed by atoms with van der Waals surface area (Å²) in [6.45, 7) is 3.73. The van der Waals surface area contributed by atoms with Crippen LogP contribution in [0.2, 0.25) is 13.1 Å². The van der Waals surface area contributed by atoms with E-state index in [1.165, 1.54) is 0 Å². The molecule has 0 amide bonds. The average molecular weight is 434 g/mol. The van der Waals surface area contributed by atoms with Crippen molar-refractivity contribution in [1.29, 1.82) is 0 Å². The predicted molar refractivity (Wildman–Crippen MR) is 125 cm³/mol. The normalized spacial score (nSPS) is 13.3. The molecule has 0 bridgehead atoms. The number of ether oxygens (including phenoxy) is 1. The Bertz CT molecular complexity index is 1020. The van der Waals surface area contributed by atoms with Crippen molar-refractivity contribution in [2.45, 2.75) is 24.9 Å². The molecule has 3 aromatic carbocycles. The fraction of sp³-hybridized carbons (Fsp3) is 0.240. The van der Waals surface area contributed by atoms with Crippen LogP contribution in [0.3, 0.4) is 0 Å². The Labute approximate surface area is 183 Å². The van der Waals surface area contributed by atoms with Crippen LogP contribution in [0.15, 0.2) is 84.9 Å². The second-order valence-electron chi connectivity index (χ2n) is 8.14. The van der Waals surface area contributed by atoms with Gasteiger partial charge in [-0.3, -0.25) is 10.1 Å². The van der Waals surface area contributed by atoms with Crippen LogP contribution in [-0.2, 0) is 4.79 Å². The molecule has 0 fully saturated rings. The third kappa shape index (κ3) is 5.09. The summed E-state index contributed by atoms with van der Waals surface area (Å²) in [4.78, 5) is 25.4. The summed E-state index contributed by atoms with van der Waals surface area (Å²) in [5.74, 6) is -0.515. The molecule has 0 spiro atoms. The van der Waals surface area contributed by atoms with Crippen molar-refractivity contribution in [2.24, 2.45) is 0 Å². The van der Waals surface area contributed by atoms with E-state index < -0.39 is 19.9 Å². The maximum atomic E-state index is 14.1. The van der Waals surface area contributed by atoms with Gasteiger partial charge in [0.1, 0.15) is 11.2 Å². The Morgan fingerprint density at radius 1 is 0.903 bits per heavy atom. The highest BCUT2D eigenvalue weighted by molar-refractivity contribution is 7.13. The van der Waals surface area contributed by atoms with Crippen LogP contribution in [0.1, 0.15) is 23.0 Å². The molecule has 0 radical (unpaired) electrons. The third-order valence-electron chi connectivity index (χ3n) is 5.84. The van der Waals surface area contributed by atoms with Gasteiger partial charge in [-0.15, -0.1) is 0 Å². The summed E-state index contributed by atoms with van der Waals surface area (Å²) < 4.78 is 5.24. The number of carbonyl (C=O) groups is 1. The van der Waals surface area contributed by atoms with E-state index in [1.54, 1.807) is 19.2 Å². The zero-order valence-electron chi connectivity index (χ0n) is 18.0. The lowest BCUT2D eigenvalue weighted by molar-refractivity contribution is -0.483. The van der Waals surface area contributed by atoms with E-state index in [1.807, 2.05) is 85.9 Å². The van der Waals surface area contributed by atoms with Crippen LogP contribution in [0.25, 0.3) is 0 Å². The third-order valence-corrected chi connectivity index (χ3v) is 9.16. The second-order valence-corrected chi connectivity index (χ2v) is 12.5. The SMILES string of the molecule is COc1ccc([C@H](C[N+](=O)[O-])[C@H](C(=O)[Si](C)(C)c2ccccc2)c2ccccc2)cc1. The quantitative estimate of drug-likeness (QED) is 0.282. The Morgan fingerprint density at radius 2 is 1.45 bits per heavy atom. The lowest BCUT2D eigenvalue weighted by Gasteiger charge is -2.31. The maximum absolute atomic E-state index is 14.1. The van der Waals surface area contributed by atoms with Gasteiger partial charge in [0.05, 0.1) is 18.9 Å². The number of nitro groups is 1. The molecule has 6 heteroatoms. The molecule has 0 aliphatic heterocycles. The average Bonchev–Trinajstić information content (AvgIpc) is 2.79. The van der Waals surface area contributed by atoms with Gasteiger partial charge in [-0.2, -0.15) is 0 Å². The van der Waals surface area contributed by atoms with Crippen molar-refractivity contribution in [3.05, 3.63) is 106 Å². The molecule has 0 heterocycles. The number of nitrogens with zero attached hydrogens (tertiary/aromatic N) is 1. The minimum absolute atomic E-state index is 0.0903. The van der Waals surface area contributed by atoms with E-state index in [0.717, 1.165) is 16.3 Å². The van der Waals surface area contributed by atoms with Gasteiger partial charge in [-0.05, 0) is 23.3 Å². The summed E-state index contributed by atoms with van der Waals surface area (Å²) in [7, 11) is -1.00. The van der Waals surface area contributed by atoms with Gasteiger partial charge in [0.25, 0.3) is 0 Å². The van der Waals surface area contributed by atoms with Crippen molar-refractivity contribution < 1.29 is 14.5 Å². The van der Waals surface area contributed by atoms with Gasteiger partial charge in [0.2, 0.25) is 6.54 Å². The van der Waals surface area contributed by atoms with Crippen molar-refractivity contribution in [2.75, 3.05) is 13.7 Å². The smallest absolute Gasteiger partial charge is 0.211 e. The van der Waals surface area contributed by atoms with Gasteiger partial charge in [0, 0.05) is 4.92 Å². The molecular weight excluding hydrogens is 406 g/mol. The molecule has 31 heavy (non-hydrogen) atoms. The van der Waals surface area contributed by atoms with E-state index in [-0.39, 0.29) is 16.9 Å². The fourth-order valence-corrected chi connectivity index (χ4v) is 6.48. The molecule has 3 aromatic rings. The molecule has 0 aliphatic rings. The number of carbonyl (C=O) groups excluding carboxylic acids is 1. The highest BCUT2D eigenvalue weighted by atomic mass is 28.3. The predicted octanol–water partition coefficient (Wildman–Crippen LogP) is 4.56. The lowest BCUT2D eigenvalue weighted by atomic mass is 9.82. The number of hydrogen-bond acceptors (Lipinski definition) is 4. The summed E-state index contributed by atoms with van der Waals surface area (Å²) in [5.41, 5.74) is 1.57. The highest BCUT2D eigenvalue weighted by Gasteiger charge is 2.43. The largest absolute Gasteiger partial charge is 0.497 e. The van der Waals surface area contributed by atoms with E-state index in [4.69, 9.17) is 4.74 Å². The van der Waals surface area contributed by atoms with Crippen LogP contribution in [0.5, 0.6) is 5.75 Å². The van der Waals surface area contributed by atoms with Crippen LogP contribution in [0.4, 0.5) is 0 Å². The Morgan fingerprint density at radius 3 is 1.97 bits per heavy atom. The standard InChI is InChI=1S/C25H27NO4Si/c1-30-21-16-14-19(15-17-21)23(18-26(28)29)24(20-10-6-4-7-11-20)25(27)31(2,3)22-12-8-5-9-13-22/h4-17,23-24H,18H2,1-3H3/t23-,24+/m0/s1. The summed E-state index contributed by atoms with van der Waals surface area (Å²) in [6.07, 6.45) is 0. The molecule has 5 nitrogen and oxygen atoms in total. The monoisotopic (exact) mass is 433 g/mol. The Balaban J connectivity index is 2.13. The first-order valence-electron chi connectivity index (χ1n) is 10.2. The minimum Gasteiger partial charge on any atom is -0.497 e. The number of benzene rings is 3. The number of rotatable bonds is 9. The van der Waals surface area contributed by atoms with E-state index in [2.05, 4.69) is 0 Å². The van der Waals surface area contributed by atoms with E-state index >= 15 is 0 Å². The number of hydrogen-bond donors (Lipinski definition) is 0. The first-order chi connectivity index (χ1) is 14.8. The van der Waals surface area contributed by atoms with Crippen molar-refractivity contribution >= 4 is 18.7 Å². The van der Waals surface area contributed by atoms with Crippen LogP contribution >= 0.6 is 0 Å². The minimum atomic E-state index is -2.58. The Kier molecular flexibility index (Phi) is 7.02. The molecule has 0 saturated heterocycles. The van der Waals surface area contributed by atoms with Gasteiger partial charge in [0.15, 0.2) is 8.07 Å². The molecule has 3 rings (SSSR count). The highest BCUT2D eigenvalue weighted by Crippen LogP contribution is 2.37. The van der Waals surface area contributed by atoms with Gasteiger partial charge < -0.3 is 9.53 Å². The van der Waals surface area contributed by atoms with Crippen molar-refractivity contribution in [3.8, 4) is 5.75 Å². The molecule has 0 saturated carbocycles. The van der Waals surface area contributed by atoms with E-state index in [0.29, 0.717) is 5.75 Å². The summed E-state index contributed by atoms with van der Waals surface area (Å²) in [6, 6.07) is 26.4. The Hall–Kier alpha value is -3.25. The molecule has 160 valence electrons. The molecule has 0 aromatic heterocycles. The maximum Gasteiger partial charge on any atom is 0.211 e. The zero-order chi connectivity index (χ0) is 22.4. The first-order valence-corrected chi connectivity index (χ1v) is 13.2. The molecule has 2 atom stereocenters. The van der Waals surface area contributed by atoms with Gasteiger partial charge >= 0.3 is 0 Å². The summed E-state index contributed by atoms with van der Waals surface area (Å²) >= 11 is 0. The second kappa shape index (κ2) is 9.70. The lowest BCUT2D eigenvalue weighted by Crippen LogP contribution is -2.53. The van der Waals surface area contributed by atoms with E-state index in [9.17, 15) is 14.9 Å². The van der Waals surface area contributed by atoms with Gasteiger partial charge in [-0.25, -0.2) is 0 Å². The molecule has 0 N–H and O–H groups in total. The fourth-order valence-electron chi connectivity index (χ4n) is 4.03. The summed E-state index contributed by atoms with van der Waals surface area (Å²) in [5, 5.41) is 12.8. The molecule has 0 aliphatic carbocycles. The first kappa shape index (κ1) is 22.4. The van der Waals surface area contributed by atoms with Crippen LogP contribution < -0.4 is 9.92 Å².